The fourth-order valence-corrected chi connectivity index (χ4v) is 3.52. The quantitative estimate of drug-likeness (QED) is 0.617. The highest BCUT2D eigenvalue weighted by molar-refractivity contribution is 5.12. The van der Waals surface area contributed by atoms with Crippen LogP contribution in [0.5, 0.6) is 0 Å². The van der Waals surface area contributed by atoms with Gasteiger partial charge in [-0.2, -0.15) is 0 Å². The van der Waals surface area contributed by atoms with Crippen molar-refractivity contribution in [1.82, 2.24) is 0 Å². The second-order valence-electron chi connectivity index (χ2n) is 4.89. The second-order valence-corrected chi connectivity index (χ2v) is 4.89. The van der Waals surface area contributed by atoms with Crippen LogP contribution in [0.1, 0.15) is 32.1 Å². The molecule has 2 aliphatic carbocycles. The lowest BCUT2D eigenvalue weighted by atomic mass is 9.70. The highest BCUT2D eigenvalue weighted by Crippen LogP contribution is 2.57. The predicted molar refractivity (Wildman–Crippen MR) is 55.3 cm³/mol. The summed E-state index contributed by atoms with van der Waals surface area (Å²) in [4.78, 5) is 0. The first-order valence-corrected chi connectivity index (χ1v) is 5.90. The van der Waals surface area contributed by atoms with Crippen LogP contribution in [-0.4, -0.2) is 30.2 Å². The lowest BCUT2D eigenvalue weighted by molar-refractivity contribution is -0.248. The van der Waals surface area contributed by atoms with Crippen LogP contribution in [0.3, 0.4) is 0 Å². The first kappa shape index (κ1) is 9.82. The maximum absolute atomic E-state index is 10.3. The minimum Gasteiger partial charge on any atom is -0.392 e. The van der Waals surface area contributed by atoms with Crippen molar-refractivity contribution in [3.8, 4) is 0 Å². The number of rotatable bonds is 0. The topological polar surface area (TPSA) is 38.7 Å². The van der Waals surface area contributed by atoms with E-state index in [9.17, 15) is 5.11 Å². The zero-order valence-electron chi connectivity index (χ0n) is 8.95. The van der Waals surface area contributed by atoms with Gasteiger partial charge in [0.1, 0.15) is 0 Å². The van der Waals surface area contributed by atoms with Crippen molar-refractivity contribution in [2.24, 2.45) is 5.41 Å². The maximum Gasteiger partial charge on any atom is 0.176 e. The van der Waals surface area contributed by atoms with Crippen molar-refractivity contribution in [3.05, 3.63) is 12.2 Å². The van der Waals surface area contributed by atoms with Crippen LogP contribution in [0, 0.1) is 5.41 Å². The molecule has 1 aliphatic heterocycles. The van der Waals surface area contributed by atoms with Gasteiger partial charge in [0.15, 0.2) is 5.79 Å². The monoisotopic (exact) mass is 210 g/mol. The Labute approximate surface area is 90.1 Å². The first-order valence-electron chi connectivity index (χ1n) is 5.90. The molecule has 2 spiro atoms. The van der Waals surface area contributed by atoms with E-state index in [1.165, 1.54) is 0 Å². The predicted octanol–water partition coefficient (Wildman–Crippen LogP) is 1.61. The van der Waals surface area contributed by atoms with Crippen molar-refractivity contribution in [1.29, 1.82) is 0 Å². The molecular formula is C12H18O3. The van der Waals surface area contributed by atoms with E-state index in [1.54, 1.807) is 0 Å². The summed E-state index contributed by atoms with van der Waals surface area (Å²) in [6.45, 7) is 1.36. The molecule has 0 amide bonds. The number of aliphatic hydroxyl groups is 1. The Kier molecular flexibility index (Phi) is 2.16. The summed E-state index contributed by atoms with van der Waals surface area (Å²) in [5, 5.41) is 10.3. The largest absolute Gasteiger partial charge is 0.392 e. The number of hydrogen-bond acceptors (Lipinski definition) is 3. The van der Waals surface area contributed by atoms with E-state index in [1.807, 2.05) is 0 Å². The molecule has 1 saturated heterocycles. The Hall–Kier alpha value is -0.380. The molecule has 1 saturated carbocycles. The van der Waals surface area contributed by atoms with Gasteiger partial charge in [-0.3, -0.25) is 0 Å². The summed E-state index contributed by atoms with van der Waals surface area (Å²) >= 11 is 0. The molecule has 15 heavy (non-hydrogen) atoms. The van der Waals surface area contributed by atoms with Crippen molar-refractivity contribution in [2.45, 2.75) is 44.0 Å². The number of fused-ring (bicyclic) bond motifs is 1. The molecule has 0 unspecified atom stereocenters. The number of aliphatic hydroxyl groups excluding tert-OH is 1. The summed E-state index contributed by atoms with van der Waals surface area (Å²) in [6, 6.07) is 0. The Morgan fingerprint density at radius 2 is 1.93 bits per heavy atom. The molecule has 0 aromatic heterocycles. The van der Waals surface area contributed by atoms with E-state index in [2.05, 4.69) is 12.2 Å². The summed E-state index contributed by atoms with van der Waals surface area (Å²) in [5.74, 6) is -0.475. The van der Waals surface area contributed by atoms with Gasteiger partial charge in [0.25, 0.3) is 0 Å². The van der Waals surface area contributed by atoms with Gasteiger partial charge in [0.05, 0.1) is 24.7 Å². The van der Waals surface area contributed by atoms with E-state index in [0.717, 1.165) is 32.1 Å². The van der Waals surface area contributed by atoms with Crippen molar-refractivity contribution in [3.63, 3.8) is 0 Å². The normalized spacial score (nSPS) is 43.1. The summed E-state index contributed by atoms with van der Waals surface area (Å²) in [6.07, 6.45) is 8.65. The minimum absolute atomic E-state index is 0.168. The van der Waals surface area contributed by atoms with Gasteiger partial charge >= 0.3 is 0 Å². The number of ether oxygens (including phenoxy) is 2. The lowest BCUT2D eigenvalue weighted by Crippen LogP contribution is -2.52. The molecule has 2 fully saturated rings. The van der Waals surface area contributed by atoms with Crippen LogP contribution in [0.4, 0.5) is 0 Å². The Bertz CT molecular complexity index is 275. The lowest BCUT2D eigenvalue weighted by Gasteiger charge is -2.45. The van der Waals surface area contributed by atoms with E-state index < -0.39 is 5.79 Å². The van der Waals surface area contributed by atoms with Crippen LogP contribution < -0.4 is 0 Å². The smallest absolute Gasteiger partial charge is 0.176 e. The van der Waals surface area contributed by atoms with E-state index >= 15 is 0 Å². The molecule has 3 rings (SSSR count). The molecular weight excluding hydrogens is 192 g/mol. The minimum atomic E-state index is -0.475. The SMILES string of the molecule is O[C@H]1CC=CC[C@@]12CCCC21OCCO1. The second kappa shape index (κ2) is 3.30. The van der Waals surface area contributed by atoms with E-state index in [-0.39, 0.29) is 11.5 Å². The van der Waals surface area contributed by atoms with Gasteiger partial charge in [0, 0.05) is 6.42 Å². The molecule has 0 aromatic rings. The zero-order chi connectivity index (χ0) is 10.4. The van der Waals surface area contributed by atoms with E-state index in [4.69, 9.17) is 9.47 Å². The molecule has 3 heteroatoms. The van der Waals surface area contributed by atoms with Crippen molar-refractivity contribution >= 4 is 0 Å². The number of hydrogen-bond donors (Lipinski definition) is 1. The van der Waals surface area contributed by atoms with Crippen LogP contribution in [0.25, 0.3) is 0 Å². The maximum atomic E-state index is 10.3. The summed E-state index contributed by atoms with van der Waals surface area (Å²) in [7, 11) is 0. The summed E-state index contributed by atoms with van der Waals surface area (Å²) in [5.41, 5.74) is -0.168. The number of allylic oxidation sites excluding steroid dienone is 1. The molecule has 3 aliphatic rings. The van der Waals surface area contributed by atoms with Gasteiger partial charge in [-0.1, -0.05) is 12.2 Å². The zero-order valence-corrected chi connectivity index (χ0v) is 8.95. The van der Waals surface area contributed by atoms with Gasteiger partial charge in [0.2, 0.25) is 0 Å². The first-order chi connectivity index (χ1) is 7.29. The van der Waals surface area contributed by atoms with Gasteiger partial charge < -0.3 is 14.6 Å². The molecule has 2 atom stereocenters. The Morgan fingerprint density at radius 1 is 1.13 bits per heavy atom. The van der Waals surface area contributed by atoms with Crippen LogP contribution in [-0.2, 0) is 9.47 Å². The fourth-order valence-electron chi connectivity index (χ4n) is 3.52. The van der Waals surface area contributed by atoms with Gasteiger partial charge in [-0.05, 0) is 25.7 Å². The van der Waals surface area contributed by atoms with Gasteiger partial charge in [-0.15, -0.1) is 0 Å². The molecule has 1 N–H and O–H groups in total. The molecule has 84 valence electrons. The molecule has 0 radical (unpaired) electrons. The average Bonchev–Trinajstić information content (AvgIpc) is 2.83. The van der Waals surface area contributed by atoms with Crippen molar-refractivity contribution in [2.75, 3.05) is 13.2 Å². The fraction of sp³-hybridized carbons (Fsp3) is 0.833. The standard InChI is InChI=1S/C12H18O3/c13-10-4-1-2-5-11(10)6-3-7-12(11)14-8-9-15-12/h1-2,10,13H,3-9H2/t10-,11+/m0/s1. The highest BCUT2D eigenvalue weighted by Gasteiger charge is 2.61. The van der Waals surface area contributed by atoms with E-state index in [0.29, 0.717) is 13.2 Å². The molecule has 1 heterocycles. The average molecular weight is 210 g/mol. The summed E-state index contributed by atoms with van der Waals surface area (Å²) < 4.78 is 11.7. The van der Waals surface area contributed by atoms with Crippen LogP contribution in [0.15, 0.2) is 12.2 Å². The van der Waals surface area contributed by atoms with Crippen molar-refractivity contribution < 1.29 is 14.6 Å². The van der Waals surface area contributed by atoms with Crippen LogP contribution in [0.2, 0.25) is 0 Å². The Morgan fingerprint density at radius 3 is 2.67 bits per heavy atom. The van der Waals surface area contributed by atoms with Crippen LogP contribution >= 0.6 is 0 Å². The third-order valence-corrected chi connectivity index (χ3v) is 4.29. The molecule has 3 nitrogen and oxygen atoms in total. The van der Waals surface area contributed by atoms with Gasteiger partial charge in [-0.25, -0.2) is 0 Å². The highest BCUT2D eigenvalue weighted by atomic mass is 16.7. The molecule has 0 aromatic carbocycles. The molecule has 0 bridgehead atoms. The third kappa shape index (κ3) is 1.17. The Balaban J connectivity index is 1.98. The third-order valence-electron chi connectivity index (χ3n) is 4.29.